The summed E-state index contributed by atoms with van der Waals surface area (Å²) in [5, 5.41) is 2.73. The van der Waals surface area contributed by atoms with E-state index in [1.807, 2.05) is 0 Å². The molecule has 0 aromatic heterocycles. The first kappa shape index (κ1) is 19.5. The summed E-state index contributed by atoms with van der Waals surface area (Å²) in [4.78, 5) is 12.2. The van der Waals surface area contributed by atoms with E-state index >= 15 is 0 Å². The van der Waals surface area contributed by atoms with E-state index in [0.29, 0.717) is 44.0 Å². The van der Waals surface area contributed by atoms with Gasteiger partial charge in [-0.05, 0) is 25.0 Å². The summed E-state index contributed by atoms with van der Waals surface area (Å²) in [5.41, 5.74) is 5.39. The van der Waals surface area contributed by atoms with Crippen LogP contribution in [0.1, 0.15) is 12.8 Å². The van der Waals surface area contributed by atoms with E-state index in [-0.39, 0.29) is 23.3 Å². The summed E-state index contributed by atoms with van der Waals surface area (Å²) >= 11 is 0. The third-order valence-corrected chi connectivity index (χ3v) is 6.05. The molecule has 1 fully saturated rings. The molecule has 1 atom stereocenters. The number of nitrogens with one attached hydrogen (secondary N) is 1. The molecule has 0 spiro atoms. The smallest absolute Gasteiger partial charge is 0.243 e. The molecule has 3 N–H and O–H groups in total. The first-order valence-electron chi connectivity index (χ1n) is 8.14. The molecule has 1 amide bonds. The number of nitrogens with zero attached hydrogens (tertiary/aromatic N) is 1. The standard InChI is InChI=1S/C16H25N3O5S/c1-23-14-6-5-13(10-15(14)24-2)25(21,22)19-9-3-4-12(11-19)16(20)18-8-7-17/h5-6,10,12H,3-4,7-9,11,17H2,1-2H3,(H,18,20). The van der Waals surface area contributed by atoms with E-state index in [2.05, 4.69) is 5.32 Å². The van der Waals surface area contributed by atoms with Gasteiger partial charge in [0.2, 0.25) is 15.9 Å². The van der Waals surface area contributed by atoms with Crippen LogP contribution in [0.4, 0.5) is 0 Å². The Hall–Kier alpha value is -1.84. The number of piperidine rings is 1. The second-order valence-corrected chi connectivity index (χ2v) is 7.74. The quantitative estimate of drug-likeness (QED) is 0.707. The first-order valence-corrected chi connectivity index (χ1v) is 9.58. The molecule has 0 saturated carbocycles. The molecule has 1 unspecified atom stereocenters. The van der Waals surface area contributed by atoms with Crippen LogP contribution in [0.3, 0.4) is 0 Å². The van der Waals surface area contributed by atoms with Crippen molar-refractivity contribution in [3.8, 4) is 11.5 Å². The minimum absolute atomic E-state index is 0.119. The number of carbonyl (C=O) groups is 1. The number of rotatable bonds is 7. The van der Waals surface area contributed by atoms with Crippen molar-refractivity contribution in [2.45, 2.75) is 17.7 Å². The molecule has 0 bridgehead atoms. The lowest BCUT2D eigenvalue weighted by Gasteiger charge is -2.31. The molecular weight excluding hydrogens is 346 g/mol. The van der Waals surface area contributed by atoms with Gasteiger partial charge >= 0.3 is 0 Å². The Morgan fingerprint density at radius 2 is 2.04 bits per heavy atom. The Bertz CT molecular complexity index is 708. The van der Waals surface area contributed by atoms with E-state index < -0.39 is 10.0 Å². The first-order chi connectivity index (χ1) is 11.9. The predicted octanol–water partition coefficient (Wildman–Crippen LogP) is 0.179. The minimum Gasteiger partial charge on any atom is -0.493 e. The molecule has 1 saturated heterocycles. The normalized spacial score (nSPS) is 18.6. The van der Waals surface area contributed by atoms with Crippen molar-refractivity contribution in [1.82, 2.24) is 9.62 Å². The van der Waals surface area contributed by atoms with Gasteiger partial charge in [0.05, 0.1) is 25.0 Å². The topological polar surface area (TPSA) is 111 Å². The number of benzene rings is 1. The maximum absolute atomic E-state index is 12.9. The lowest BCUT2D eigenvalue weighted by molar-refractivity contribution is -0.126. The molecule has 25 heavy (non-hydrogen) atoms. The van der Waals surface area contributed by atoms with Crippen LogP contribution in [0.25, 0.3) is 0 Å². The number of sulfonamides is 1. The van der Waals surface area contributed by atoms with Crippen LogP contribution >= 0.6 is 0 Å². The van der Waals surface area contributed by atoms with Crippen molar-refractivity contribution in [2.24, 2.45) is 11.7 Å². The van der Waals surface area contributed by atoms with E-state index in [4.69, 9.17) is 15.2 Å². The van der Waals surface area contributed by atoms with E-state index in [0.717, 1.165) is 0 Å². The fraction of sp³-hybridized carbons (Fsp3) is 0.562. The molecule has 140 valence electrons. The monoisotopic (exact) mass is 371 g/mol. The van der Waals surface area contributed by atoms with Gasteiger partial charge in [-0.2, -0.15) is 4.31 Å². The van der Waals surface area contributed by atoms with Gasteiger partial charge in [0.15, 0.2) is 11.5 Å². The number of methoxy groups -OCH3 is 2. The van der Waals surface area contributed by atoms with Crippen LogP contribution in [-0.4, -0.2) is 59.0 Å². The van der Waals surface area contributed by atoms with Gasteiger partial charge < -0.3 is 20.5 Å². The summed E-state index contributed by atoms with van der Waals surface area (Å²) in [5.74, 6) is 0.282. The molecule has 1 heterocycles. The Morgan fingerprint density at radius 1 is 1.32 bits per heavy atom. The summed E-state index contributed by atoms with van der Waals surface area (Å²) in [7, 11) is -0.775. The van der Waals surface area contributed by atoms with Crippen molar-refractivity contribution in [3.05, 3.63) is 18.2 Å². The number of nitrogens with two attached hydrogens (primary N) is 1. The zero-order chi connectivity index (χ0) is 18.4. The van der Waals surface area contributed by atoms with Crippen LogP contribution in [0.15, 0.2) is 23.1 Å². The van der Waals surface area contributed by atoms with Gasteiger partial charge in [0.25, 0.3) is 0 Å². The molecule has 0 aliphatic carbocycles. The number of hydrogen-bond acceptors (Lipinski definition) is 6. The molecule has 1 aliphatic heterocycles. The van der Waals surface area contributed by atoms with Crippen molar-refractivity contribution in [3.63, 3.8) is 0 Å². The van der Waals surface area contributed by atoms with Crippen molar-refractivity contribution in [2.75, 3.05) is 40.4 Å². The maximum atomic E-state index is 12.9. The SMILES string of the molecule is COc1ccc(S(=O)(=O)N2CCCC(C(=O)NCCN)C2)cc1OC. The molecule has 1 aliphatic rings. The fourth-order valence-electron chi connectivity index (χ4n) is 2.84. The van der Waals surface area contributed by atoms with E-state index in [9.17, 15) is 13.2 Å². The predicted molar refractivity (Wildman–Crippen MR) is 93.1 cm³/mol. The van der Waals surface area contributed by atoms with Crippen molar-refractivity contribution < 1.29 is 22.7 Å². The fourth-order valence-corrected chi connectivity index (χ4v) is 4.38. The van der Waals surface area contributed by atoms with Crippen LogP contribution in [0.2, 0.25) is 0 Å². The summed E-state index contributed by atoms with van der Waals surface area (Å²) in [6.07, 6.45) is 1.29. The number of hydrogen-bond donors (Lipinski definition) is 2. The van der Waals surface area contributed by atoms with Crippen molar-refractivity contribution >= 4 is 15.9 Å². The molecular formula is C16H25N3O5S. The molecule has 2 rings (SSSR count). The van der Waals surface area contributed by atoms with Gasteiger partial charge in [-0.15, -0.1) is 0 Å². The minimum atomic E-state index is -3.71. The van der Waals surface area contributed by atoms with Gasteiger partial charge in [-0.1, -0.05) is 0 Å². The molecule has 0 radical (unpaired) electrons. The Labute approximate surface area is 148 Å². The van der Waals surface area contributed by atoms with Crippen LogP contribution < -0.4 is 20.5 Å². The van der Waals surface area contributed by atoms with E-state index in [1.54, 1.807) is 6.07 Å². The lowest BCUT2D eigenvalue weighted by atomic mass is 9.99. The van der Waals surface area contributed by atoms with Crippen LogP contribution in [0, 0.1) is 5.92 Å². The maximum Gasteiger partial charge on any atom is 0.243 e. The highest BCUT2D eigenvalue weighted by Crippen LogP contribution is 2.32. The van der Waals surface area contributed by atoms with Gasteiger partial charge in [-0.25, -0.2) is 8.42 Å². The highest BCUT2D eigenvalue weighted by molar-refractivity contribution is 7.89. The van der Waals surface area contributed by atoms with Crippen LogP contribution in [0.5, 0.6) is 11.5 Å². The van der Waals surface area contributed by atoms with E-state index in [1.165, 1.54) is 30.7 Å². The highest BCUT2D eigenvalue weighted by atomic mass is 32.2. The lowest BCUT2D eigenvalue weighted by Crippen LogP contribution is -2.46. The third-order valence-electron chi connectivity index (χ3n) is 4.19. The zero-order valence-corrected chi connectivity index (χ0v) is 15.3. The average molecular weight is 371 g/mol. The number of amides is 1. The van der Waals surface area contributed by atoms with Crippen molar-refractivity contribution in [1.29, 1.82) is 0 Å². The molecule has 1 aromatic rings. The molecule has 1 aromatic carbocycles. The second-order valence-electron chi connectivity index (χ2n) is 5.80. The summed E-state index contributed by atoms with van der Waals surface area (Å²) < 4.78 is 37.5. The average Bonchev–Trinajstić information content (AvgIpc) is 2.65. The third kappa shape index (κ3) is 4.42. The molecule has 8 nitrogen and oxygen atoms in total. The Morgan fingerprint density at radius 3 is 2.68 bits per heavy atom. The zero-order valence-electron chi connectivity index (χ0n) is 14.5. The van der Waals surface area contributed by atoms with Gasteiger partial charge in [0, 0.05) is 32.2 Å². The van der Waals surface area contributed by atoms with Gasteiger partial charge in [0.1, 0.15) is 0 Å². The molecule has 9 heteroatoms. The number of ether oxygens (including phenoxy) is 2. The summed E-state index contributed by atoms with van der Waals surface area (Å²) in [6, 6.07) is 4.47. The Balaban J connectivity index is 2.20. The Kier molecular flexibility index (Phi) is 6.63. The number of carbonyl (C=O) groups excluding carboxylic acids is 1. The highest BCUT2D eigenvalue weighted by Gasteiger charge is 2.33. The van der Waals surface area contributed by atoms with Crippen LogP contribution in [-0.2, 0) is 14.8 Å². The summed E-state index contributed by atoms with van der Waals surface area (Å²) in [6.45, 7) is 1.29. The largest absolute Gasteiger partial charge is 0.493 e. The van der Waals surface area contributed by atoms with Gasteiger partial charge in [-0.3, -0.25) is 4.79 Å². The second kappa shape index (κ2) is 8.50.